The van der Waals surface area contributed by atoms with E-state index in [1.54, 1.807) is 0 Å². The molecule has 0 aromatic carbocycles. The third-order valence-corrected chi connectivity index (χ3v) is 3.49. The average molecular weight is 284 g/mol. The van der Waals surface area contributed by atoms with Crippen LogP contribution in [0.5, 0.6) is 0 Å². The fraction of sp³-hybridized carbons (Fsp3) is 0.750. The molecule has 0 aromatic heterocycles. The Bertz CT molecular complexity index is 384. The predicted molar refractivity (Wildman–Crippen MR) is 76.6 cm³/mol. The second-order valence-electron chi connectivity index (χ2n) is 5.26. The van der Waals surface area contributed by atoms with Gasteiger partial charge >= 0.3 is 12.1 Å². The van der Waals surface area contributed by atoms with Gasteiger partial charge in [-0.1, -0.05) is 26.7 Å². The fourth-order valence-electron chi connectivity index (χ4n) is 2.74. The van der Waals surface area contributed by atoms with Crippen molar-refractivity contribution in [2.75, 3.05) is 0 Å². The van der Waals surface area contributed by atoms with Crippen molar-refractivity contribution in [1.82, 2.24) is 16.3 Å². The molecular weight excluding hydrogens is 260 g/mol. The SMILES string of the molecule is CCC[C@@H]1C/C(=N\NC(N)=O)[C@H](NNC(N)=O)[C@H](C)C1. The second-order valence-corrected chi connectivity index (χ2v) is 5.26. The number of nitrogens with one attached hydrogen (secondary N) is 3. The van der Waals surface area contributed by atoms with E-state index in [2.05, 4.69) is 35.2 Å². The molecule has 1 aliphatic carbocycles. The first kappa shape index (κ1) is 16.2. The highest BCUT2D eigenvalue weighted by molar-refractivity contribution is 5.92. The Kier molecular flexibility index (Phi) is 6.23. The summed E-state index contributed by atoms with van der Waals surface area (Å²) in [5.41, 5.74) is 18.4. The molecule has 1 saturated carbocycles. The zero-order valence-electron chi connectivity index (χ0n) is 12.0. The maximum Gasteiger partial charge on any atom is 0.332 e. The molecule has 1 fully saturated rings. The standard InChI is InChI=1S/C12H24N6O2/c1-3-4-8-5-7(2)10(16-18-12(14)20)9(6-8)15-17-11(13)19/h7-8,10,16H,3-6H2,1-2H3,(H3,13,17,19)(H3,14,18,20)/b15-9+/t7-,8+,10-/m1/s1. The summed E-state index contributed by atoms with van der Waals surface area (Å²) in [4.78, 5) is 21.6. The van der Waals surface area contributed by atoms with Crippen molar-refractivity contribution in [2.45, 2.75) is 45.6 Å². The molecule has 0 heterocycles. The lowest BCUT2D eigenvalue weighted by Crippen LogP contribution is -2.55. The normalized spacial score (nSPS) is 28.1. The van der Waals surface area contributed by atoms with E-state index in [4.69, 9.17) is 11.5 Å². The van der Waals surface area contributed by atoms with Crippen LogP contribution in [-0.4, -0.2) is 23.8 Å². The molecule has 0 aliphatic heterocycles. The molecule has 8 heteroatoms. The van der Waals surface area contributed by atoms with Crippen LogP contribution < -0.4 is 27.7 Å². The summed E-state index contributed by atoms with van der Waals surface area (Å²) >= 11 is 0. The van der Waals surface area contributed by atoms with Crippen molar-refractivity contribution >= 4 is 17.8 Å². The minimum absolute atomic E-state index is 0.164. The number of urea groups is 2. The van der Waals surface area contributed by atoms with Crippen molar-refractivity contribution in [2.24, 2.45) is 28.4 Å². The summed E-state index contributed by atoms with van der Waals surface area (Å²) in [5.74, 6) is 0.788. The van der Waals surface area contributed by atoms with Crippen LogP contribution in [0.15, 0.2) is 5.10 Å². The smallest absolute Gasteiger partial charge is 0.332 e. The first-order valence-corrected chi connectivity index (χ1v) is 6.86. The van der Waals surface area contributed by atoms with Gasteiger partial charge in [0.2, 0.25) is 0 Å². The van der Waals surface area contributed by atoms with Gasteiger partial charge in [0, 0.05) is 0 Å². The summed E-state index contributed by atoms with van der Waals surface area (Å²) in [7, 11) is 0. The molecule has 0 spiro atoms. The number of hydrazone groups is 1. The third-order valence-electron chi connectivity index (χ3n) is 3.49. The van der Waals surface area contributed by atoms with Crippen LogP contribution in [0.1, 0.15) is 39.5 Å². The minimum atomic E-state index is -0.704. The van der Waals surface area contributed by atoms with E-state index in [9.17, 15) is 9.59 Å². The topological polar surface area (TPSA) is 135 Å². The van der Waals surface area contributed by atoms with Crippen LogP contribution >= 0.6 is 0 Å². The number of rotatable bonds is 5. The maximum absolute atomic E-state index is 10.8. The van der Waals surface area contributed by atoms with E-state index in [0.29, 0.717) is 5.92 Å². The van der Waals surface area contributed by atoms with Gasteiger partial charge in [-0.05, 0) is 24.7 Å². The van der Waals surface area contributed by atoms with Gasteiger partial charge in [-0.2, -0.15) is 5.10 Å². The quantitative estimate of drug-likeness (QED) is 0.467. The number of hydrogen-bond donors (Lipinski definition) is 5. The van der Waals surface area contributed by atoms with E-state index in [0.717, 1.165) is 31.4 Å². The number of primary amides is 2. The molecular formula is C12H24N6O2. The van der Waals surface area contributed by atoms with Crippen molar-refractivity contribution in [3.63, 3.8) is 0 Å². The van der Waals surface area contributed by atoms with Gasteiger partial charge in [0.15, 0.2) is 0 Å². The molecule has 0 unspecified atom stereocenters. The van der Waals surface area contributed by atoms with E-state index in [1.807, 2.05) is 0 Å². The highest BCUT2D eigenvalue weighted by Gasteiger charge is 2.32. The van der Waals surface area contributed by atoms with Crippen molar-refractivity contribution in [1.29, 1.82) is 0 Å². The fourth-order valence-corrected chi connectivity index (χ4v) is 2.74. The van der Waals surface area contributed by atoms with Gasteiger partial charge in [-0.15, -0.1) is 0 Å². The number of hydrogen-bond acceptors (Lipinski definition) is 4. The Morgan fingerprint density at radius 3 is 2.60 bits per heavy atom. The number of carbonyl (C=O) groups is 2. The number of nitrogens with zero attached hydrogens (tertiary/aromatic N) is 1. The van der Waals surface area contributed by atoms with E-state index >= 15 is 0 Å². The molecule has 1 aliphatic rings. The van der Waals surface area contributed by atoms with Gasteiger partial charge in [0.1, 0.15) is 0 Å². The lowest BCUT2D eigenvalue weighted by Gasteiger charge is -2.35. The lowest BCUT2D eigenvalue weighted by atomic mass is 9.76. The van der Waals surface area contributed by atoms with Crippen molar-refractivity contribution < 1.29 is 9.59 Å². The van der Waals surface area contributed by atoms with E-state index in [1.165, 1.54) is 0 Å². The average Bonchev–Trinajstić information content (AvgIpc) is 2.35. The summed E-state index contributed by atoms with van der Waals surface area (Å²) < 4.78 is 0. The molecule has 0 radical (unpaired) electrons. The molecule has 0 aromatic rings. The largest absolute Gasteiger partial charge is 0.351 e. The Morgan fingerprint density at radius 1 is 1.35 bits per heavy atom. The third kappa shape index (κ3) is 5.04. The first-order valence-electron chi connectivity index (χ1n) is 6.86. The van der Waals surface area contributed by atoms with E-state index < -0.39 is 12.1 Å². The van der Waals surface area contributed by atoms with Crippen molar-refractivity contribution in [3.05, 3.63) is 0 Å². The van der Waals surface area contributed by atoms with Crippen LogP contribution in [-0.2, 0) is 0 Å². The number of hydrazine groups is 1. The van der Waals surface area contributed by atoms with Gasteiger partial charge in [0.25, 0.3) is 0 Å². The van der Waals surface area contributed by atoms with Crippen LogP contribution in [0.4, 0.5) is 9.59 Å². The summed E-state index contributed by atoms with van der Waals surface area (Å²) in [6.07, 6.45) is 4.00. The monoisotopic (exact) mass is 284 g/mol. The molecule has 0 saturated heterocycles. The van der Waals surface area contributed by atoms with Crippen LogP contribution in [0.2, 0.25) is 0 Å². The molecule has 0 bridgehead atoms. The first-order chi connectivity index (χ1) is 9.43. The van der Waals surface area contributed by atoms with E-state index in [-0.39, 0.29) is 12.0 Å². The Balaban J connectivity index is 2.78. The molecule has 3 atom stereocenters. The highest BCUT2D eigenvalue weighted by Crippen LogP contribution is 2.30. The Hall–Kier alpha value is -1.83. The highest BCUT2D eigenvalue weighted by atomic mass is 16.2. The predicted octanol–water partition coefficient (Wildman–Crippen LogP) is 0.398. The van der Waals surface area contributed by atoms with Crippen molar-refractivity contribution in [3.8, 4) is 0 Å². The molecule has 8 nitrogen and oxygen atoms in total. The van der Waals surface area contributed by atoms with Gasteiger partial charge in [-0.3, -0.25) is 5.43 Å². The summed E-state index contributed by atoms with van der Waals surface area (Å²) in [6.45, 7) is 4.21. The van der Waals surface area contributed by atoms with Gasteiger partial charge in [-0.25, -0.2) is 20.4 Å². The van der Waals surface area contributed by atoms with Crippen LogP contribution in [0.3, 0.4) is 0 Å². The van der Waals surface area contributed by atoms with Gasteiger partial charge in [0.05, 0.1) is 11.8 Å². The molecule has 1 rings (SSSR count). The second kappa shape index (κ2) is 7.68. The maximum atomic E-state index is 10.8. The number of amides is 4. The molecule has 114 valence electrons. The minimum Gasteiger partial charge on any atom is -0.351 e. The lowest BCUT2D eigenvalue weighted by molar-refractivity contribution is 0.235. The van der Waals surface area contributed by atoms with Crippen LogP contribution in [0, 0.1) is 11.8 Å². The molecule has 20 heavy (non-hydrogen) atoms. The Morgan fingerprint density at radius 2 is 2.05 bits per heavy atom. The zero-order valence-corrected chi connectivity index (χ0v) is 12.0. The zero-order chi connectivity index (χ0) is 15.1. The number of carbonyl (C=O) groups excluding carboxylic acids is 2. The number of nitrogens with two attached hydrogens (primary N) is 2. The van der Waals surface area contributed by atoms with Crippen LogP contribution in [0.25, 0.3) is 0 Å². The molecule has 4 amide bonds. The molecule has 7 N–H and O–H groups in total. The summed E-state index contributed by atoms with van der Waals surface area (Å²) in [6, 6.07) is -1.53. The van der Waals surface area contributed by atoms with Gasteiger partial charge < -0.3 is 11.5 Å². The Labute approximate surface area is 118 Å². The summed E-state index contributed by atoms with van der Waals surface area (Å²) in [5, 5.41) is 4.06.